The van der Waals surface area contributed by atoms with Gasteiger partial charge < -0.3 is 5.32 Å². The Hall–Kier alpha value is -2.14. The first kappa shape index (κ1) is 19.8. The van der Waals surface area contributed by atoms with E-state index >= 15 is 0 Å². The number of hydrazine groups is 1. The SMILES string of the molecule is Cc1ccc(C2NNC3NC4=C(C(=O)CC(C)(C)C4)C(c4ccc(Cl)cc4)C32)cc1. The highest BCUT2D eigenvalue weighted by Gasteiger charge is 2.51. The van der Waals surface area contributed by atoms with Crippen LogP contribution in [0.3, 0.4) is 0 Å². The Labute approximate surface area is 183 Å². The molecule has 4 unspecified atom stereocenters. The van der Waals surface area contributed by atoms with Gasteiger partial charge in [-0.2, -0.15) is 0 Å². The van der Waals surface area contributed by atoms with Crippen LogP contribution >= 0.6 is 11.6 Å². The smallest absolute Gasteiger partial charge is 0.161 e. The zero-order valence-corrected chi connectivity index (χ0v) is 18.4. The molecule has 0 amide bonds. The number of benzene rings is 2. The maximum Gasteiger partial charge on any atom is 0.161 e. The van der Waals surface area contributed by atoms with E-state index in [-0.39, 0.29) is 35.2 Å². The monoisotopic (exact) mass is 421 g/mol. The van der Waals surface area contributed by atoms with E-state index in [4.69, 9.17) is 11.6 Å². The summed E-state index contributed by atoms with van der Waals surface area (Å²) < 4.78 is 0. The molecule has 30 heavy (non-hydrogen) atoms. The van der Waals surface area contributed by atoms with Crippen LogP contribution in [-0.2, 0) is 4.79 Å². The number of allylic oxidation sites excluding steroid dienone is 2. The average Bonchev–Trinajstić information content (AvgIpc) is 3.10. The van der Waals surface area contributed by atoms with Crippen molar-refractivity contribution in [3.05, 3.63) is 81.5 Å². The molecule has 1 aliphatic carbocycles. The second-order valence-corrected chi connectivity index (χ2v) is 10.2. The molecule has 2 aliphatic heterocycles. The van der Waals surface area contributed by atoms with Crippen molar-refractivity contribution in [2.75, 3.05) is 0 Å². The Balaban J connectivity index is 1.64. The van der Waals surface area contributed by atoms with Gasteiger partial charge in [0.15, 0.2) is 5.78 Å². The van der Waals surface area contributed by atoms with Crippen LogP contribution in [0.15, 0.2) is 59.8 Å². The molecule has 2 aromatic carbocycles. The third-order valence-electron chi connectivity index (χ3n) is 6.78. The van der Waals surface area contributed by atoms with E-state index < -0.39 is 0 Å². The van der Waals surface area contributed by atoms with E-state index in [1.54, 1.807) is 0 Å². The van der Waals surface area contributed by atoms with E-state index in [0.717, 1.165) is 23.3 Å². The fourth-order valence-corrected chi connectivity index (χ4v) is 5.55. The van der Waals surface area contributed by atoms with Gasteiger partial charge in [-0.05, 0) is 42.0 Å². The van der Waals surface area contributed by atoms with Crippen LogP contribution in [0.4, 0.5) is 0 Å². The molecule has 0 saturated carbocycles. The number of halogens is 1. The molecular formula is C25H28ClN3O. The first-order valence-corrected chi connectivity index (χ1v) is 11.1. The number of nitrogens with one attached hydrogen (secondary N) is 3. The standard InChI is InChI=1S/C25H28ClN3O/c1-14-4-6-16(7-5-14)23-22-20(15-8-10-17(26)11-9-15)21-18(27-24(22)29-28-23)12-25(2,3)13-19(21)30/h4-11,20,22-24,27-29H,12-13H2,1-3H3. The molecule has 2 heterocycles. The Morgan fingerprint density at radius 2 is 1.60 bits per heavy atom. The van der Waals surface area contributed by atoms with Gasteiger partial charge >= 0.3 is 0 Å². The third kappa shape index (κ3) is 3.37. The van der Waals surface area contributed by atoms with E-state index in [1.165, 1.54) is 11.1 Å². The molecule has 1 saturated heterocycles. The summed E-state index contributed by atoms with van der Waals surface area (Å²) in [6, 6.07) is 16.8. The van der Waals surface area contributed by atoms with Gasteiger partial charge in [0.1, 0.15) is 0 Å². The largest absolute Gasteiger partial charge is 0.371 e. The van der Waals surface area contributed by atoms with Crippen LogP contribution in [0, 0.1) is 18.3 Å². The predicted molar refractivity (Wildman–Crippen MR) is 120 cm³/mol. The number of rotatable bonds is 2. The van der Waals surface area contributed by atoms with Crippen LogP contribution < -0.4 is 16.2 Å². The van der Waals surface area contributed by atoms with E-state index in [0.29, 0.717) is 11.4 Å². The van der Waals surface area contributed by atoms with Gasteiger partial charge in [-0.15, -0.1) is 0 Å². The van der Waals surface area contributed by atoms with Gasteiger partial charge in [-0.3, -0.25) is 4.79 Å². The lowest BCUT2D eigenvalue weighted by atomic mass is 9.65. The Bertz CT molecular complexity index is 1010. The van der Waals surface area contributed by atoms with Crippen LogP contribution in [0.25, 0.3) is 0 Å². The van der Waals surface area contributed by atoms with Crippen molar-refractivity contribution in [1.29, 1.82) is 0 Å². The van der Waals surface area contributed by atoms with Crippen LogP contribution in [0.2, 0.25) is 5.02 Å². The number of hydrogen-bond acceptors (Lipinski definition) is 4. The van der Waals surface area contributed by atoms with Crippen molar-refractivity contribution in [3.63, 3.8) is 0 Å². The van der Waals surface area contributed by atoms with Gasteiger partial charge in [-0.1, -0.05) is 67.4 Å². The summed E-state index contributed by atoms with van der Waals surface area (Å²) in [7, 11) is 0. The average molecular weight is 422 g/mol. The molecule has 4 atom stereocenters. The summed E-state index contributed by atoms with van der Waals surface area (Å²) in [6.45, 7) is 6.45. The van der Waals surface area contributed by atoms with Crippen molar-refractivity contribution < 1.29 is 4.79 Å². The quantitative estimate of drug-likeness (QED) is 0.653. The maximum atomic E-state index is 13.4. The Morgan fingerprint density at radius 3 is 2.30 bits per heavy atom. The van der Waals surface area contributed by atoms with Gasteiger partial charge in [0, 0.05) is 34.5 Å². The summed E-state index contributed by atoms with van der Waals surface area (Å²) in [5.74, 6) is 0.445. The first-order valence-electron chi connectivity index (χ1n) is 10.7. The van der Waals surface area contributed by atoms with Crippen molar-refractivity contribution in [3.8, 4) is 0 Å². The predicted octanol–water partition coefficient (Wildman–Crippen LogP) is 4.77. The summed E-state index contributed by atoms with van der Waals surface area (Å²) in [5, 5.41) is 4.40. The third-order valence-corrected chi connectivity index (χ3v) is 7.03. The Kier molecular flexibility index (Phi) is 4.77. The van der Waals surface area contributed by atoms with Crippen LogP contribution in [0.5, 0.6) is 0 Å². The van der Waals surface area contributed by atoms with E-state index in [2.05, 4.69) is 73.3 Å². The number of aryl methyl sites for hydroxylation is 1. The van der Waals surface area contributed by atoms with Crippen molar-refractivity contribution >= 4 is 17.4 Å². The molecule has 156 valence electrons. The number of ketones is 1. The minimum atomic E-state index is -0.0251. The minimum Gasteiger partial charge on any atom is -0.371 e. The number of Topliss-reactive ketones (excluding diaryl/α,β-unsaturated/α-hetero) is 1. The normalized spacial score (nSPS) is 29.9. The van der Waals surface area contributed by atoms with Gasteiger partial charge in [-0.25, -0.2) is 10.9 Å². The first-order chi connectivity index (χ1) is 14.3. The van der Waals surface area contributed by atoms with Crippen LogP contribution in [-0.4, -0.2) is 11.9 Å². The molecule has 0 aromatic heterocycles. The van der Waals surface area contributed by atoms with Crippen molar-refractivity contribution in [2.24, 2.45) is 11.3 Å². The summed E-state index contributed by atoms with van der Waals surface area (Å²) >= 11 is 6.19. The van der Waals surface area contributed by atoms with Gasteiger partial charge in [0.2, 0.25) is 0 Å². The number of fused-ring (bicyclic) bond motifs is 1. The minimum absolute atomic E-state index is 0.0147. The summed E-state index contributed by atoms with van der Waals surface area (Å²) in [4.78, 5) is 13.4. The number of carbonyl (C=O) groups is 1. The molecule has 5 rings (SSSR count). The second kappa shape index (κ2) is 7.23. The molecular weight excluding hydrogens is 394 g/mol. The molecule has 3 aliphatic rings. The number of carbonyl (C=O) groups excluding carboxylic acids is 1. The molecule has 5 heteroatoms. The molecule has 4 nitrogen and oxygen atoms in total. The lowest BCUT2D eigenvalue weighted by Gasteiger charge is -2.44. The zero-order valence-electron chi connectivity index (χ0n) is 17.6. The molecule has 1 fully saturated rings. The van der Waals surface area contributed by atoms with Crippen molar-refractivity contribution in [2.45, 2.75) is 51.7 Å². The summed E-state index contributed by atoms with van der Waals surface area (Å²) in [5.41, 5.74) is 12.6. The maximum absolute atomic E-state index is 13.4. The highest BCUT2D eigenvalue weighted by molar-refractivity contribution is 6.30. The molecule has 3 N–H and O–H groups in total. The fourth-order valence-electron chi connectivity index (χ4n) is 5.42. The van der Waals surface area contributed by atoms with E-state index in [9.17, 15) is 4.79 Å². The van der Waals surface area contributed by atoms with Gasteiger partial charge in [0.05, 0.1) is 12.2 Å². The lowest BCUT2D eigenvalue weighted by Crippen LogP contribution is -2.51. The van der Waals surface area contributed by atoms with Crippen molar-refractivity contribution in [1.82, 2.24) is 16.2 Å². The molecule has 2 aromatic rings. The van der Waals surface area contributed by atoms with Crippen LogP contribution in [0.1, 0.15) is 55.3 Å². The Morgan fingerprint density at radius 1 is 0.933 bits per heavy atom. The second-order valence-electron chi connectivity index (χ2n) is 9.74. The number of hydrogen-bond donors (Lipinski definition) is 3. The molecule has 0 bridgehead atoms. The van der Waals surface area contributed by atoms with Gasteiger partial charge in [0.25, 0.3) is 0 Å². The lowest BCUT2D eigenvalue weighted by molar-refractivity contribution is -0.118. The zero-order chi connectivity index (χ0) is 21.0. The van der Waals surface area contributed by atoms with E-state index in [1.807, 2.05) is 12.1 Å². The topological polar surface area (TPSA) is 53.2 Å². The highest BCUT2D eigenvalue weighted by atomic mass is 35.5. The fraction of sp³-hybridized carbons (Fsp3) is 0.400. The molecule has 0 radical (unpaired) electrons. The molecule has 0 spiro atoms. The highest BCUT2D eigenvalue weighted by Crippen LogP contribution is 2.51. The summed E-state index contributed by atoms with van der Waals surface area (Å²) in [6.07, 6.45) is 1.53.